The zero-order valence-electron chi connectivity index (χ0n) is 11.7. The van der Waals surface area contributed by atoms with Crippen molar-refractivity contribution >= 4 is 56.2 Å². The van der Waals surface area contributed by atoms with E-state index in [9.17, 15) is 13.2 Å². The first-order valence-electron chi connectivity index (χ1n) is 6.50. The van der Waals surface area contributed by atoms with Crippen molar-refractivity contribution in [3.8, 4) is 0 Å². The van der Waals surface area contributed by atoms with Gasteiger partial charge in [0.05, 0.1) is 10.6 Å². The highest BCUT2D eigenvalue weighted by Gasteiger charge is 2.16. The third kappa shape index (κ3) is 5.39. The van der Waals surface area contributed by atoms with Gasteiger partial charge in [0, 0.05) is 27.2 Å². The lowest BCUT2D eigenvalue weighted by molar-refractivity contribution is -0.115. The fraction of sp³-hybridized carbons (Fsp3) is 0.133. The van der Waals surface area contributed by atoms with E-state index in [4.69, 9.17) is 34.8 Å². The minimum absolute atomic E-state index is 0.125. The molecule has 0 aliphatic rings. The molecule has 2 aromatic rings. The molecule has 4 nitrogen and oxygen atoms in total. The molecule has 0 spiro atoms. The van der Waals surface area contributed by atoms with Crippen LogP contribution in [-0.2, 0) is 14.6 Å². The molecule has 0 radical (unpaired) electrons. The number of halogens is 3. The van der Waals surface area contributed by atoms with Crippen LogP contribution in [0.1, 0.15) is 6.42 Å². The summed E-state index contributed by atoms with van der Waals surface area (Å²) in [4.78, 5) is 12.0. The van der Waals surface area contributed by atoms with Gasteiger partial charge in [0.1, 0.15) is 0 Å². The fourth-order valence-electron chi connectivity index (χ4n) is 1.84. The number of hydrogen-bond acceptors (Lipinski definition) is 3. The molecule has 2 rings (SSSR count). The monoisotopic (exact) mass is 391 g/mol. The van der Waals surface area contributed by atoms with Gasteiger partial charge in [0.15, 0.2) is 9.84 Å². The van der Waals surface area contributed by atoms with Gasteiger partial charge in [-0.2, -0.15) is 0 Å². The van der Waals surface area contributed by atoms with Gasteiger partial charge in [0.2, 0.25) is 5.91 Å². The summed E-state index contributed by atoms with van der Waals surface area (Å²) in [5.41, 5.74) is 0.413. The zero-order valence-corrected chi connectivity index (χ0v) is 14.8. The standard InChI is InChI=1S/C15H12Cl3NO3S/c16-10-1-3-14(4-2-10)23(21,22)6-5-15(20)19-13-8-11(17)7-12(18)9-13/h1-4,7-9H,5-6H2,(H,19,20). The van der Waals surface area contributed by atoms with Gasteiger partial charge in [-0.15, -0.1) is 0 Å². The van der Waals surface area contributed by atoms with E-state index in [1.807, 2.05) is 0 Å². The minimum atomic E-state index is -3.55. The Kier molecular flexibility index (Phi) is 5.92. The Balaban J connectivity index is 1.99. The molecule has 0 bridgehead atoms. The quantitative estimate of drug-likeness (QED) is 0.817. The number of benzene rings is 2. The predicted octanol–water partition coefficient (Wildman–Crippen LogP) is 4.45. The van der Waals surface area contributed by atoms with E-state index in [2.05, 4.69) is 5.32 Å². The van der Waals surface area contributed by atoms with Crippen LogP contribution in [0, 0.1) is 0 Å². The lowest BCUT2D eigenvalue weighted by Gasteiger charge is -2.07. The molecule has 0 heterocycles. The smallest absolute Gasteiger partial charge is 0.225 e. The summed E-state index contributed by atoms with van der Waals surface area (Å²) >= 11 is 17.4. The highest BCUT2D eigenvalue weighted by molar-refractivity contribution is 7.91. The molecule has 0 aliphatic carbocycles. The number of hydrogen-bond donors (Lipinski definition) is 1. The van der Waals surface area contributed by atoms with Crippen LogP contribution in [0.2, 0.25) is 15.1 Å². The van der Waals surface area contributed by atoms with E-state index in [-0.39, 0.29) is 17.1 Å². The second-order valence-corrected chi connectivity index (χ2v) is 8.15. The summed E-state index contributed by atoms with van der Waals surface area (Å²) in [6, 6.07) is 10.4. The summed E-state index contributed by atoms with van der Waals surface area (Å²) in [5, 5.41) is 3.76. The average Bonchev–Trinajstić information content (AvgIpc) is 2.44. The molecular formula is C15H12Cl3NO3S. The predicted molar refractivity (Wildman–Crippen MR) is 93.2 cm³/mol. The normalized spacial score (nSPS) is 11.3. The molecule has 1 amide bonds. The topological polar surface area (TPSA) is 63.2 Å². The van der Waals surface area contributed by atoms with Gasteiger partial charge in [0.25, 0.3) is 0 Å². The molecule has 0 aromatic heterocycles. The van der Waals surface area contributed by atoms with Crippen molar-refractivity contribution in [1.82, 2.24) is 0 Å². The van der Waals surface area contributed by atoms with Gasteiger partial charge in [-0.25, -0.2) is 8.42 Å². The Morgan fingerprint density at radius 1 is 0.913 bits per heavy atom. The number of amides is 1. The van der Waals surface area contributed by atoms with Crippen LogP contribution in [0.3, 0.4) is 0 Å². The van der Waals surface area contributed by atoms with E-state index in [0.717, 1.165) is 0 Å². The molecule has 0 fully saturated rings. The van der Waals surface area contributed by atoms with Gasteiger partial charge in [-0.3, -0.25) is 4.79 Å². The molecule has 0 saturated heterocycles. The van der Waals surface area contributed by atoms with Crippen LogP contribution in [0.25, 0.3) is 0 Å². The maximum absolute atomic E-state index is 12.1. The Morgan fingerprint density at radius 2 is 1.48 bits per heavy atom. The molecule has 2 aromatic carbocycles. The van der Waals surface area contributed by atoms with Crippen molar-refractivity contribution < 1.29 is 13.2 Å². The van der Waals surface area contributed by atoms with Crippen molar-refractivity contribution in [1.29, 1.82) is 0 Å². The van der Waals surface area contributed by atoms with Crippen LogP contribution in [-0.4, -0.2) is 20.1 Å². The molecule has 122 valence electrons. The second kappa shape index (κ2) is 7.53. The van der Waals surface area contributed by atoms with Gasteiger partial charge >= 0.3 is 0 Å². The van der Waals surface area contributed by atoms with Crippen LogP contribution < -0.4 is 5.32 Å². The summed E-state index contributed by atoms with van der Waals surface area (Å²) in [7, 11) is -3.55. The van der Waals surface area contributed by atoms with Crippen molar-refractivity contribution in [3.05, 3.63) is 57.5 Å². The summed E-state index contributed by atoms with van der Waals surface area (Å²) in [6.07, 6.45) is -0.185. The number of sulfone groups is 1. The first kappa shape index (κ1) is 18.1. The second-order valence-electron chi connectivity index (χ2n) is 4.73. The molecular weight excluding hydrogens is 381 g/mol. The summed E-state index contributed by atoms with van der Waals surface area (Å²) in [5.74, 6) is -0.754. The summed E-state index contributed by atoms with van der Waals surface area (Å²) < 4.78 is 24.3. The van der Waals surface area contributed by atoms with Gasteiger partial charge in [-0.05, 0) is 42.5 Å². The molecule has 0 unspecified atom stereocenters. The Bertz CT molecular complexity index is 800. The average molecular weight is 393 g/mol. The number of nitrogens with one attached hydrogen (secondary N) is 1. The van der Waals surface area contributed by atoms with Crippen molar-refractivity contribution in [2.45, 2.75) is 11.3 Å². The van der Waals surface area contributed by atoms with Gasteiger partial charge in [-0.1, -0.05) is 34.8 Å². The molecule has 8 heteroatoms. The molecule has 0 aliphatic heterocycles. The first-order chi connectivity index (χ1) is 10.8. The number of carbonyl (C=O) groups excluding carboxylic acids is 1. The van der Waals surface area contributed by atoms with E-state index in [0.29, 0.717) is 20.8 Å². The Labute approximate surface area is 149 Å². The number of rotatable bonds is 5. The third-order valence-corrected chi connectivity index (χ3v) is 5.34. The van der Waals surface area contributed by atoms with Crippen LogP contribution in [0.5, 0.6) is 0 Å². The van der Waals surface area contributed by atoms with Gasteiger partial charge < -0.3 is 5.32 Å². The van der Waals surface area contributed by atoms with E-state index >= 15 is 0 Å². The summed E-state index contributed by atoms with van der Waals surface area (Å²) in [6.45, 7) is 0. The minimum Gasteiger partial charge on any atom is -0.326 e. The molecule has 23 heavy (non-hydrogen) atoms. The lowest BCUT2D eigenvalue weighted by atomic mass is 10.3. The highest BCUT2D eigenvalue weighted by atomic mass is 35.5. The van der Waals surface area contributed by atoms with Crippen molar-refractivity contribution in [2.75, 3.05) is 11.1 Å². The fourth-order valence-corrected chi connectivity index (χ4v) is 3.73. The van der Waals surface area contributed by atoms with E-state index < -0.39 is 15.7 Å². The van der Waals surface area contributed by atoms with Crippen molar-refractivity contribution in [3.63, 3.8) is 0 Å². The molecule has 0 atom stereocenters. The Morgan fingerprint density at radius 3 is 2.04 bits per heavy atom. The lowest BCUT2D eigenvalue weighted by Crippen LogP contribution is -2.17. The highest BCUT2D eigenvalue weighted by Crippen LogP contribution is 2.22. The number of anilines is 1. The Hall–Kier alpha value is -1.27. The van der Waals surface area contributed by atoms with E-state index in [1.165, 1.54) is 42.5 Å². The van der Waals surface area contributed by atoms with Crippen LogP contribution in [0.15, 0.2) is 47.4 Å². The van der Waals surface area contributed by atoms with Crippen LogP contribution >= 0.6 is 34.8 Å². The number of carbonyl (C=O) groups is 1. The molecule has 1 N–H and O–H groups in total. The third-order valence-electron chi connectivity index (χ3n) is 2.92. The largest absolute Gasteiger partial charge is 0.326 e. The zero-order chi connectivity index (χ0) is 17.0. The van der Waals surface area contributed by atoms with Crippen LogP contribution in [0.4, 0.5) is 5.69 Å². The van der Waals surface area contributed by atoms with E-state index in [1.54, 1.807) is 0 Å². The first-order valence-corrected chi connectivity index (χ1v) is 9.29. The van der Waals surface area contributed by atoms with Crippen molar-refractivity contribution in [2.24, 2.45) is 0 Å². The molecule has 0 saturated carbocycles. The maximum atomic E-state index is 12.1. The maximum Gasteiger partial charge on any atom is 0.225 e. The SMILES string of the molecule is O=C(CCS(=O)(=O)c1ccc(Cl)cc1)Nc1cc(Cl)cc(Cl)c1.